The van der Waals surface area contributed by atoms with E-state index in [0.29, 0.717) is 0 Å². The number of hydrogen-bond donors (Lipinski definition) is 0. The Hall–Kier alpha value is 0.360. The van der Waals surface area contributed by atoms with E-state index in [0.717, 1.165) is 8.95 Å². The van der Waals surface area contributed by atoms with E-state index in [1.165, 1.54) is 16.0 Å². The number of aryl methyl sites for hydroxylation is 1. The molecular formula is C12H9Br3S. The molecule has 84 valence electrons. The number of benzene rings is 1. The van der Waals surface area contributed by atoms with Crippen LogP contribution in [0.2, 0.25) is 0 Å². The fourth-order valence-electron chi connectivity index (χ4n) is 1.40. The van der Waals surface area contributed by atoms with Crippen molar-refractivity contribution in [2.24, 2.45) is 0 Å². The Morgan fingerprint density at radius 2 is 1.88 bits per heavy atom. The van der Waals surface area contributed by atoms with Gasteiger partial charge in [0, 0.05) is 13.8 Å². The lowest BCUT2D eigenvalue weighted by Gasteiger charge is -2.10. The van der Waals surface area contributed by atoms with Gasteiger partial charge in [0.1, 0.15) is 0 Å². The third-order valence-electron chi connectivity index (χ3n) is 2.36. The maximum Gasteiger partial charge on any atom is 0.0749 e. The lowest BCUT2D eigenvalue weighted by atomic mass is 10.1. The minimum atomic E-state index is 0.249. The summed E-state index contributed by atoms with van der Waals surface area (Å²) in [7, 11) is 0. The number of halogens is 3. The first-order chi connectivity index (χ1) is 7.59. The Bertz CT molecular complexity index is 505. The van der Waals surface area contributed by atoms with Crippen molar-refractivity contribution in [1.82, 2.24) is 0 Å². The molecule has 0 saturated carbocycles. The predicted octanol–water partition coefficient (Wildman–Crippen LogP) is 6.07. The Kier molecular flexibility index (Phi) is 4.27. The molecule has 16 heavy (non-hydrogen) atoms. The molecule has 1 atom stereocenters. The van der Waals surface area contributed by atoms with E-state index in [-0.39, 0.29) is 4.83 Å². The molecular weight excluding hydrogens is 416 g/mol. The van der Waals surface area contributed by atoms with Crippen LogP contribution in [-0.2, 0) is 0 Å². The second-order valence-corrected chi connectivity index (χ2v) is 7.08. The third kappa shape index (κ3) is 2.61. The van der Waals surface area contributed by atoms with E-state index in [9.17, 15) is 0 Å². The number of alkyl halides is 1. The van der Waals surface area contributed by atoms with Crippen LogP contribution < -0.4 is 0 Å². The summed E-state index contributed by atoms with van der Waals surface area (Å²) in [4.78, 5) is 1.55. The maximum absolute atomic E-state index is 3.74. The number of hydrogen-bond acceptors (Lipinski definition) is 1. The second kappa shape index (κ2) is 5.34. The van der Waals surface area contributed by atoms with Crippen LogP contribution in [0, 0.1) is 6.92 Å². The van der Waals surface area contributed by atoms with Gasteiger partial charge in [-0.05, 0) is 51.5 Å². The molecule has 1 unspecified atom stereocenters. The molecule has 1 aromatic heterocycles. The highest BCUT2D eigenvalue weighted by molar-refractivity contribution is 9.11. The van der Waals surface area contributed by atoms with Gasteiger partial charge in [0.2, 0.25) is 0 Å². The molecule has 0 aliphatic rings. The minimum Gasteiger partial charge on any atom is -0.146 e. The van der Waals surface area contributed by atoms with Crippen molar-refractivity contribution in [2.75, 3.05) is 0 Å². The van der Waals surface area contributed by atoms with Crippen molar-refractivity contribution in [3.8, 4) is 0 Å². The van der Waals surface area contributed by atoms with Gasteiger partial charge in [-0.1, -0.05) is 44.0 Å². The van der Waals surface area contributed by atoms with Crippen LogP contribution in [0.4, 0.5) is 0 Å². The maximum atomic E-state index is 3.74. The van der Waals surface area contributed by atoms with Gasteiger partial charge in [-0.3, -0.25) is 0 Å². The van der Waals surface area contributed by atoms with Crippen LogP contribution in [0.25, 0.3) is 0 Å². The van der Waals surface area contributed by atoms with Gasteiger partial charge in [0.15, 0.2) is 0 Å². The molecule has 2 rings (SSSR count). The normalized spacial score (nSPS) is 12.8. The van der Waals surface area contributed by atoms with Crippen LogP contribution in [-0.4, -0.2) is 0 Å². The van der Waals surface area contributed by atoms with Crippen molar-refractivity contribution >= 4 is 59.1 Å². The van der Waals surface area contributed by atoms with Crippen LogP contribution in [0.5, 0.6) is 0 Å². The lowest BCUT2D eigenvalue weighted by Crippen LogP contribution is -1.91. The highest BCUT2D eigenvalue weighted by atomic mass is 79.9. The van der Waals surface area contributed by atoms with Crippen LogP contribution >= 0.6 is 59.1 Å². The van der Waals surface area contributed by atoms with Gasteiger partial charge in [0.25, 0.3) is 0 Å². The van der Waals surface area contributed by atoms with E-state index < -0.39 is 0 Å². The highest BCUT2D eigenvalue weighted by Gasteiger charge is 2.15. The van der Waals surface area contributed by atoms with Crippen molar-refractivity contribution < 1.29 is 0 Å². The molecule has 0 saturated heterocycles. The molecule has 0 nitrogen and oxygen atoms in total. The average Bonchev–Trinajstić information content (AvgIpc) is 2.67. The molecule has 0 bridgehead atoms. The molecule has 0 amide bonds. The largest absolute Gasteiger partial charge is 0.146 e. The highest BCUT2D eigenvalue weighted by Crippen LogP contribution is 2.39. The quantitative estimate of drug-likeness (QED) is 0.513. The van der Waals surface area contributed by atoms with Crippen molar-refractivity contribution in [3.05, 3.63) is 54.6 Å². The summed E-state index contributed by atoms with van der Waals surface area (Å²) in [5, 5.41) is 2.09. The summed E-state index contributed by atoms with van der Waals surface area (Å²) in [6, 6.07) is 8.54. The first kappa shape index (κ1) is 12.8. The molecule has 0 fully saturated rings. The fraction of sp³-hybridized carbons (Fsp3) is 0.167. The minimum absolute atomic E-state index is 0.249. The SMILES string of the molecule is Cc1ccc(C(Br)c2sccc2Br)cc1Br. The molecule has 1 heterocycles. The summed E-state index contributed by atoms with van der Waals surface area (Å²) in [6.07, 6.45) is 0. The predicted molar refractivity (Wildman–Crippen MR) is 81.7 cm³/mol. The van der Waals surface area contributed by atoms with Gasteiger partial charge in [-0.25, -0.2) is 0 Å². The molecule has 0 aliphatic carbocycles. The standard InChI is InChI=1S/C12H9Br3S/c1-7-2-3-8(6-10(7)14)11(15)12-9(13)4-5-16-12/h2-6,11H,1H3. The van der Waals surface area contributed by atoms with E-state index in [1.807, 2.05) is 0 Å². The summed E-state index contributed by atoms with van der Waals surface area (Å²) >= 11 is 12.6. The van der Waals surface area contributed by atoms with E-state index in [1.54, 1.807) is 11.3 Å². The van der Waals surface area contributed by atoms with Crippen LogP contribution in [0.15, 0.2) is 38.6 Å². The van der Waals surface area contributed by atoms with E-state index >= 15 is 0 Å². The fourth-order valence-corrected chi connectivity index (χ4v) is 4.57. The van der Waals surface area contributed by atoms with Gasteiger partial charge in [-0.2, -0.15) is 0 Å². The molecule has 0 radical (unpaired) electrons. The molecule has 0 aliphatic heterocycles. The summed E-state index contributed by atoms with van der Waals surface area (Å²) in [5.41, 5.74) is 2.52. The third-order valence-corrected chi connectivity index (χ3v) is 6.44. The van der Waals surface area contributed by atoms with Crippen LogP contribution in [0.3, 0.4) is 0 Å². The van der Waals surface area contributed by atoms with Gasteiger partial charge >= 0.3 is 0 Å². The van der Waals surface area contributed by atoms with Gasteiger partial charge < -0.3 is 0 Å². The Labute approximate surface area is 124 Å². The molecule has 1 aromatic carbocycles. The Morgan fingerprint density at radius 3 is 2.44 bits per heavy atom. The summed E-state index contributed by atoms with van der Waals surface area (Å²) in [6.45, 7) is 2.10. The van der Waals surface area contributed by atoms with Crippen molar-refractivity contribution in [1.29, 1.82) is 0 Å². The zero-order valence-electron chi connectivity index (χ0n) is 8.51. The number of thiophene rings is 1. The lowest BCUT2D eigenvalue weighted by molar-refractivity contribution is 1.20. The Balaban J connectivity index is 2.38. The molecule has 2 aromatic rings. The number of rotatable bonds is 2. The van der Waals surface area contributed by atoms with Gasteiger partial charge in [0.05, 0.1) is 4.83 Å². The van der Waals surface area contributed by atoms with Crippen molar-refractivity contribution in [2.45, 2.75) is 11.8 Å². The molecule has 0 spiro atoms. The van der Waals surface area contributed by atoms with Gasteiger partial charge in [-0.15, -0.1) is 11.3 Å². The zero-order valence-corrected chi connectivity index (χ0v) is 14.1. The monoisotopic (exact) mass is 422 g/mol. The van der Waals surface area contributed by atoms with Crippen molar-refractivity contribution in [3.63, 3.8) is 0 Å². The van der Waals surface area contributed by atoms with Crippen LogP contribution in [0.1, 0.15) is 20.8 Å². The first-order valence-corrected chi connectivity index (χ1v) is 8.10. The second-order valence-electron chi connectivity index (χ2n) is 3.50. The zero-order chi connectivity index (χ0) is 11.7. The summed E-state index contributed by atoms with van der Waals surface area (Å²) < 4.78 is 2.32. The van der Waals surface area contributed by atoms with E-state index in [2.05, 4.69) is 84.4 Å². The molecule has 0 N–H and O–H groups in total. The molecule has 4 heteroatoms. The smallest absolute Gasteiger partial charge is 0.0749 e. The Morgan fingerprint density at radius 1 is 1.12 bits per heavy atom. The van der Waals surface area contributed by atoms with E-state index in [4.69, 9.17) is 0 Å². The topological polar surface area (TPSA) is 0 Å². The first-order valence-electron chi connectivity index (χ1n) is 4.72. The average molecular weight is 425 g/mol. The summed E-state index contributed by atoms with van der Waals surface area (Å²) in [5.74, 6) is 0.